The second-order valence-electron chi connectivity index (χ2n) is 4.49. The Morgan fingerprint density at radius 3 is 2.59 bits per heavy atom. The topological polar surface area (TPSA) is 67.2 Å². The molecule has 5 nitrogen and oxygen atoms in total. The number of benzene rings is 2. The molecule has 1 amide bonds. The van der Waals surface area contributed by atoms with Crippen LogP contribution >= 0.6 is 11.6 Å². The molecule has 0 saturated carbocycles. The number of fused-ring (bicyclic) bond motifs is 1. The fraction of sp³-hybridized carbons (Fsp3) is 0. The summed E-state index contributed by atoms with van der Waals surface area (Å²) in [6.07, 6.45) is 2.96. The number of nitrogens with zero attached hydrogens (tertiary/aromatic N) is 3. The first-order chi connectivity index (χ1) is 10.7. The summed E-state index contributed by atoms with van der Waals surface area (Å²) in [5, 5.41) is 4.54. The van der Waals surface area contributed by atoms with Crippen molar-refractivity contribution in [3.63, 3.8) is 0 Å². The molecule has 1 heterocycles. The number of hydrazone groups is 1. The maximum Gasteiger partial charge on any atom is 0.291 e. The van der Waals surface area contributed by atoms with Crippen LogP contribution in [0.1, 0.15) is 16.1 Å². The highest BCUT2D eigenvalue weighted by molar-refractivity contribution is 6.30. The van der Waals surface area contributed by atoms with Crippen LogP contribution in [0.4, 0.5) is 0 Å². The zero-order valence-electron chi connectivity index (χ0n) is 11.4. The first kappa shape index (κ1) is 14.2. The molecule has 0 unspecified atom stereocenters. The third-order valence-corrected chi connectivity index (χ3v) is 3.18. The van der Waals surface area contributed by atoms with Crippen LogP contribution in [-0.2, 0) is 0 Å². The molecule has 3 rings (SSSR count). The van der Waals surface area contributed by atoms with Gasteiger partial charge in [0.1, 0.15) is 5.69 Å². The highest BCUT2D eigenvalue weighted by atomic mass is 35.5. The molecule has 0 aliphatic rings. The fourth-order valence-corrected chi connectivity index (χ4v) is 1.96. The Labute approximate surface area is 131 Å². The molecule has 2 aromatic carbocycles. The average molecular weight is 311 g/mol. The van der Waals surface area contributed by atoms with Crippen LogP contribution in [-0.4, -0.2) is 22.1 Å². The highest BCUT2D eigenvalue weighted by Gasteiger charge is 2.07. The van der Waals surface area contributed by atoms with Gasteiger partial charge in [-0.15, -0.1) is 0 Å². The van der Waals surface area contributed by atoms with E-state index in [1.165, 1.54) is 12.4 Å². The number of carbonyl (C=O) groups is 1. The van der Waals surface area contributed by atoms with Gasteiger partial charge in [-0.05, 0) is 29.8 Å². The number of halogens is 1. The van der Waals surface area contributed by atoms with Crippen LogP contribution in [0.25, 0.3) is 11.0 Å². The molecule has 108 valence electrons. The molecule has 0 saturated heterocycles. The molecule has 0 atom stereocenters. The number of nitrogens with one attached hydrogen (secondary N) is 1. The molecule has 22 heavy (non-hydrogen) atoms. The number of rotatable bonds is 3. The molecule has 1 aromatic heterocycles. The molecule has 0 bridgehead atoms. The van der Waals surface area contributed by atoms with Crippen molar-refractivity contribution in [2.75, 3.05) is 0 Å². The van der Waals surface area contributed by atoms with Crippen molar-refractivity contribution in [3.8, 4) is 0 Å². The zero-order chi connectivity index (χ0) is 15.4. The predicted molar refractivity (Wildman–Crippen MR) is 86.1 cm³/mol. The Hall–Kier alpha value is -2.79. The molecule has 0 aliphatic carbocycles. The van der Waals surface area contributed by atoms with Crippen LogP contribution in [0, 0.1) is 0 Å². The van der Waals surface area contributed by atoms with E-state index in [0.717, 1.165) is 11.1 Å². The zero-order valence-corrected chi connectivity index (χ0v) is 12.2. The van der Waals surface area contributed by atoms with E-state index < -0.39 is 5.91 Å². The summed E-state index contributed by atoms with van der Waals surface area (Å²) < 4.78 is 0. The molecular weight excluding hydrogens is 300 g/mol. The Morgan fingerprint density at radius 1 is 1.09 bits per heavy atom. The third kappa shape index (κ3) is 3.27. The summed E-state index contributed by atoms with van der Waals surface area (Å²) in [6.45, 7) is 0. The first-order valence-corrected chi connectivity index (χ1v) is 6.91. The van der Waals surface area contributed by atoms with Gasteiger partial charge in [-0.2, -0.15) is 5.10 Å². The number of amides is 1. The summed E-state index contributed by atoms with van der Waals surface area (Å²) in [6, 6.07) is 14.4. The summed E-state index contributed by atoms with van der Waals surface area (Å²) in [7, 11) is 0. The van der Waals surface area contributed by atoms with Crippen LogP contribution < -0.4 is 5.43 Å². The Balaban J connectivity index is 1.71. The number of hydrogen-bond acceptors (Lipinski definition) is 4. The standard InChI is InChI=1S/C16H11ClN4O/c17-12-7-5-11(6-8-12)9-19-21-16(22)15-10-18-13-3-1-2-4-14(13)20-15/h1-10H,(H,21,22)/b19-9-. The quantitative estimate of drug-likeness (QED) is 0.597. The number of hydrogen-bond donors (Lipinski definition) is 1. The van der Waals surface area contributed by atoms with Gasteiger partial charge in [0.2, 0.25) is 0 Å². The Kier molecular flexibility index (Phi) is 4.07. The lowest BCUT2D eigenvalue weighted by Gasteiger charge is -2.01. The van der Waals surface area contributed by atoms with E-state index in [4.69, 9.17) is 11.6 Å². The lowest BCUT2D eigenvalue weighted by atomic mass is 10.2. The van der Waals surface area contributed by atoms with Crippen molar-refractivity contribution in [3.05, 3.63) is 71.0 Å². The van der Waals surface area contributed by atoms with E-state index in [1.807, 2.05) is 18.2 Å². The number of para-hydroxylation sites is 2. The second kappa shape index (κ2) is 6.32. The van der Waals surface area contributed by atoms with Crippen molar-refractivity contribution in [1.29, 1.82) is 0 Å². The summed E-state index contributed by atoms with van der Waals surface area (Å²) in [5.74, 6) is -0.413. The Morgan fingerprint density at radius 2 is 1.82 bits per heavy atom. The largest absolute Gasteiger partial charge is 0.291 e. The minimum Gasteiger partial charge on any atom is -0.265 e. The van der Waals surface area contributed by atoms with E-state index >= 15 is 0 Å². The molecule has 3 aromatic rings. The van der Waals surface area contributed by atoms with E-state index in [-0.39, 0.29) is 5.69 Å². The maximum atomic E-state index is 12.0. The first-order valence-electron chi connectivity index (χ1n) is 6.53. The maximum absolute atomic E-state index is 12.0. The average Bonchev–Trinajstić information content (AvgIpc) is 2.56. The van der Waals surface area contributed by atoms with Gasteiger partial charge in [-0.1, -0.05) is 35.9 Å². The molecule has 0 aliphatic heterocycles. The SMILES string of the molecule is O=C(N/N=C\c1ccc(Cl)cc1)c1cnc2ccccc2n1. The monoisotopic (exact) mass is 310 g/mol. The molecule has 6 heteroatoms. The fourth-order valence-electron chi connectivity index (χ4n) is 1.84. The minimum absolute atomic E-state index is 0.215. The summed E-state index contributed by atoms with van der Waals surface area (Å²) >= 11 is 5.79. The molecule has 0 spiro atoms. The Bertz CT molecular complexity index is 846. The lowest BCUT2D eigenvalue weighted by Crippen LogP contribution is -2.19. The van der Waals surface area contributed by atoms with Crippen LogP contribution in [0.3, 0.4) is 0 Å². The normalized spacial score (nSPS) is 11.0. The molecule has 0 radical (unpaired) electrons. The van der Waals surface area contributed by atoms with E-state index in [2.05, 4.69) is 20.5 Å². The van der Waals surface area contributed by atoms with E-state index in [1.54, 1.807) is 30.3 Å². The number of aromatic nitrogens is 2. The van der Waals surface area contributed by atoms with Gasteiger partial charge in [-0.3, -0.25) is 9.78 Å². The lowest BCUT2D eigenvalue weighted by molar-refractivity contribution is 0.0950. The molecule has 0 fully saturated rings. The predicted octanol–water partition coefficient (Wildman–Crippen LogP) is 3.05. The van der Waals surface area contributed by atoms with Crippen molar-refractivity contribution >= 4 is 34.8 Å². The van der Waals surface area contributed by atoms with Crippen molar-refractivity contribution in [2.45, 2.75) is 0 Å². The van der Waals surface area contributed by atoms with Gasteiger partial charge < -0.3 is 0 Å². The van der Waals surface area contributed by atoms with E-state index in [9.17, 15) is 4.79 Å². The van der Waals surface area contributed by atoms with Gasteiger partial charge in [-0.25, -0.2) is 10.4 Å². The van der Waals surface area contributed by atoms with Crippen molar-refractivity contribution in [2.24, 2.45) is 5.10 Å². The summed E-state index contributed by atoms with van der Waals surface area (Å²) in [4.78, 5) is 20.4. The van der Waals surface area contributed by atoms with Crippen molar-refractivity contribution in [1.82, 2.24) is 15.4 Å². The smallest absolute Gasteiger partial charge is 0.265 e. The van der Waals surface area contributed by atoms with Gasteiger partial charge in [0.05, 0.1) is 23.4 Å². The van der Waals surface area contributed by atoms with Crippen molar-refractivity contribution < 1.29 is 4.79 Å². The molecule has 1 N–H and O–H groups in total. The van der Waals surface area contributed by atoms with Gasteiger partial charge >= 0.3 is 0 Å². The minimum atomic E-state index is -0.413. The second-order valence-corrected chi connectivity index (χ2v) is 4.93. The van der Waals surface area contributed by atoms with Gasteiger partial charge in [0.15, 0.2) is 0 Å². The van der Waals surface area contributed by atoms with E-state index in [0.29, 0.717) is 10.5 Å². The third-order valence-electron chi connectivity index (χ3n) is 2.93. The van der Waals surface area contributed by atoms with Gasteiger partial charge in [0.25, 0.3) is 5.91 Å². The summed E-state index contributed by atoms with van der Waals surface area (Å²) in [5.41, 5.74) is 4.87. The number of carbonyl (C=O) groups excluding carboxylic acids is 1. The van der Waals surface area contributed by atoms with Gasteiger partial charge in [0, 0.05) is 5.02 Å². The van der Waals surface area contributed by atoms with Crippen LogP contribution in [0.5, 0.6) is 0 Å². The van der Waals surface area contributed by atoms with Crippen LogP contribution in [0.2, 0.25) is 5.02 Å². The van der Waals surface area contributed by atoms with Crippen LogP contribution in [0.15, 0.2) is 59.8 Å². The highest BCUT2D eigenvalue weighted by Crippen LogP contribution is 2.09. The molecular formula is C16H11ClN4O.